The Kier molecular flexibility index (Phi) is 4.23. The molecule has 2 fully saturated rings. The van der Waals surface area contributed by atoms with E-state index in [1.807, 2.05) is 0 Å². The number of fused-ring (bicyclic) bond motifs is 1. The lowest BCUT2D eigenvalue weighted by atomic mass is 9.91. The van der Waals surface area contributed by atoms with Crippen LogP contribution in [0.15, 0.2) is 10.9 Å². The highest BCUT2D eigenvalue weighted by atomic mass is 19.2. The fourth-order valence-corrected chi connectivity index (χ4v) is 4.31. The molecule has 7 heteroatoms. The molecule has 4 N–H and O–H groups in total. The van der Waals surface area contributed by atoms with Crippen molar-refractivity contribution in [1.29, 1.82) is 0 Å². The first kappa shape index (κ1) is 17.4. The van der Waals surface area contributed by atoms with Crippen molar-refractivity contribution in [2.24, 2.45) is 11.5 Å². The fraction of sp³-hybridized carbons (Fsp3) is 0.526. The van der Waals surface area contributed by atoms with Gasteiger partial charge in [0.25, 0.3) is 5.56 Å². The van der Waals surface area contributed by atoms with Gasteiger partial charge in [0.05, 0.1) is 11.2 Å². The molecule has 1 aliphatic heterocycles. The number of halogens is 2. The lowest BCUT2D eigenvalue weighted by molar-refractivity contribution is 0.314. The number of pyridine rings is 1. The maximum atomic E-state index is 15.1. The van der Waals surface area contributed by atoms with Gasteiger partial charge in [0.2, 0.25) is 0 Å². The zero-order chi connectivity index (χ0) is 18.6. The Balaban J connectivity index is 2.08. The summed E-state index contributed by atoms with van der Waals surface area (Å²) in [5.41, 5.74) is 13.2. The summed E-state index contributed by atoms with van der Waals surface area (Å²) in [5, 5.41) is 0.140. The molecule has 0 amide bonds. The van der Waals surface area contributed by atoms with Gasteiger partial charge >= 0.3 is 0 Å². The summed E-state index contributed by atoms with van der Waals surface area (Å²) in [6.07, 6.45) is 3.52. The van der Waals surface area contributed by atoms with Crippen LogP contribution in [0.1, 0.15) is 42.9 Å². The summed E-state index contributed by atoms with van der Waals surface area (Å²) < 4.78 is 31.8. The van der Waals surface area contributed by atoms with Crippen molar-refractivity contribution in [3.63, 3.8) is 0 Å². The number of nitrogens with zero attached hydrogens (tertiary/aromatic N) is 2. The van der Waals surface area contributed by atoms with Gasteiger partial charge in [-0.25, -0.2) is 8.78 Å². The Bertz CT molecular complexity index is 936. The summed E-state index contributed by atoms with van der Waals surface area (Å²) in [4.78, 5) is 14.5. The number of benzene rings is 1. The number of aryl methyl sites for hydroxylation is 1. The average molecular weight is 362 g/mol. The highest BCUT2D eigenvalue weighted by Crippen LogP contribution is 2.40. The summed E-state index contributed by atoms with van der Waals surface area (Å²) in [7, 11) is 0. The zero-order valence-electron chi connectivity index (χ0n) is 14.9. The highest BCUT2D eigenvalue weighted by Gasteiger charge is 2.31. The molecular formula is C19H24F2N4O. The molecular weight excluding hydrogens is 338 g/mol. The number of aromatic nitrogens is 1. The van der Waals surface area contributed by atoms with Gasteiger partial charge in [-0.3, -0.25) is 4.79 Å². The first-order valence-electron chi connectivity index (χ1n) is 9.20. The summed E-state index contributed by atoms with van der Waals surface area (Å²) in [6, 6.07) is 1.33. The number of nitrogens with two attached hydrogens (primary N) is 2. The van der Waals surface area contributed by atoms with Crippen LogP contribution in [0.25, 0.3) is 10.9 Å². The Morgan fingerprint density at radius 3 is 2.50 bits per heavy atom. The van der Waals surface area contributed by atoms with Gasteiger partial charge < -0.3 is 20.9 Å². The molecule has 2 heterocycles. The van der Waals surface area contributed by atoms with Gasteiger partial charge in [-0.05, 0) is 38.2 Å². The maximum Gasteiger partial charge on any atom is 0.251 e. The molecule has 140 valence electrons. The van der Waals surface area contributed by atoms with Crippen LogP contribution in [0.3, 0.4) is 0 Å². The molecule has 1 atom stereocenters. The van der Waals surface area contributed by atoms with Crippen LogP contribution in [0.4, 0.5) is 14.5 Å². The van der Waals surface area contributed by atoms with Crippen LogP contribution in [0.2, 0.25) is 0 Å². The summed E-state index contributed by atoms with van der Waals surface area (Å²) >= 11 is 0. The minimum absolute atomic E-state index is 0.0129. The lowest BCUT2D eigenvalue weighted by Gasteiger charge is -2.31. The van der Waals surface area contributed by atoms with Crippen LogP contribution in [0.5, 0.6) is 0 Å². The third kappa shape index (κ3) is 2.45. The van der Waals surface area contributed by atoms with Gasteiger partial charge in [-0.2, -0.15) is 0 Å². The van der Waals surface area contributed by atoms with E-state index >= 15 is 8.78 Å². The Labute approximate surface area is 150 Å². The predicted molar refractivity (Wildman–Crippen MR) is 98.4 cm³/mol. The zero-order valence-corrected chi connectivity index (χ0v) is 14.9. The van der Waals surface area contributed by atoms with E-state index in [4.69, 9.17) is 11.5 Å². The van der Waals surface area contributed by atoms with Crippen molar-refractivity contribution >= 4 is 16.6 Å². The molecule has 0 bridgehead atoms. The maximum absolute atomic E-state index is 15.1. The minimum atomic E-state index is -0.922. The Morgan fingerprint density at radius 1 is 1.23 bits per heavy atom. The largest absolute Gasteiger partial charge is 0.367 e. The van der Waals surface area contributed by atoms with Crippen molar-refractivity contribution in [3.05, 3.63) is 39.2 Å². The van der Waals surface area contributed by atoms with Gasteiger partial charge in [0, 0.05) is 48.7 Å². The van der Waals surface area contributed by atoms with Crippen molar-refractivity contribution in [3.8, 4) is 0 Å². The second-order valence-electron chi connectivity index (χ2n) is 7.49. The minimum Gasteiger partial charge on any atom is -0.367 e. The second-order valence-corrected chi connectivity index (χ2v) is 7.49. The molecule has 1 aromatic heterocycles. The normalized spacial score (nSPS) is 20.8. The predicted octanol–water partition coefficient (Wildman–Crippen LogP) is 2.31. The molecule has 5 nitrogen and oxygen atoms in total. The van der Waals surface area contributed by atoms with Crippen molar-refractivity contribution in [2.75, 3.05) is 18.0 Å². The van der Waals surface area contributed by atoms with Crippen molar-refractivity contribution in [1.82, 2.24) is 4.57 Å². The molecule has 1 saturated heterocycles. The van der Waals surface area contributed by atoms with Gasteiger partial charge in [0.15, 0.2) is 11.6 Å². The molecule has 26 heavy (non-hydrogen) atoms. The van der Waals surface area contributed by atoms with E-state index in [1.165, 1.54) is 6.07 Å². The molecule has 1 saturated carbocycles. The van der Waals surface area contributed by atoms with Crippen LogP contribution in [-0.4, -0.2) is 23.7 Å². The molecule has 4 rings (SSSR count). The van der Waals surface area contributed by atoms with Crippen LogP contribution >= 0.6 is 0 Å². The van der Waals surface area contributed by atoms with Gasteiger partial charge in [-0.15, -0.1) is 0 Å². The first-order valence-corrected chi connectivity index (χ1v) is 9.20. The quantitative estimate of drug-likeness (QED) is 0.878. The number of hydrogen-bond acceptors (Lipinski definition) is 4. The lowest BCUT2D eigenvalue weighted by Crippen LogP contribution is -2.32. The van der Waals surface area contributed by atoms with E-state index in [9.17, 15) is 4.79 Å². The average Bonchev–Trinajstić information content (AvgIpc) is 2.98. The number of rotatable bonds is 3. The summed E-state index contributed by atoms with van der Waals surface area (Å²) in [6.45, 7) is 2.81. The van der Waals surface area contributed by atoms with Crippen LogP contribution in [-0.2, 0) is 6.54 Å². The highest BCUT2D eigenvalue weighted by molar-refractivity contribution is 5.91. The van der Waals surface area contributed by atoms with Crippen molar-refractivity contribution in [2.45, 2.75) is 51.2 Å². The van der Waals surface area contributed by atoms with E-state index in [2.05, 4.69) is 0 Å². The molecule has 1 aromatic carbocycles. The van der Waals surface area contributed by atoms with Crippen LogP contribution in [0, 0.1) is 18.6 Å². The monoisotopic (exact) mass is 362 g/mol. The standard InChI is InChI=1S/C19H24F2N4O/c1-10-18-15(11(8-22)7-14(26)25(18)13-3-2-4-13)16(20)17(21)19(10)24-6-5-12(23)9-24/h7,12-13H,2-6,8-9,22-23H2,1H3/t12-/m0/s1. The van der Waals surface area contributed by atoms with E-state index < -0.39 is 11.6 Å². The molecule has 0 unspecified atom stereocenters. The third-order valence-electron chi connectivity index (χ3n) is 5.87. The molecule has 1 aliphatic carbocycles. The second kappa shape index (κ2) is 6.32. The van der Waals surface area contributed by atoms with Crippen molar-refractivity contribution < 1.29 is 8.78 Å². The number of anilines is 1. The SMILES string of the molecule is Cc1c(N2CC[C@H](N)C2)c(F)c(F)c2c(CN)cc(=O)n(C3CCC3)c12. The fourth-order valence-electron chi connectivity index (χ4n) is 4.31. The van der Waals surface area contributed by atoms with E-state index in [1.54, 1.807) is 16.4 Å². The third-order valence-corrected chi connectivity index (χ3v) is 5.87. The smallest absolute Gasteiger partial charge is 0.251 e. The Morgan fingerprint density at radius 2 is 1.96 bits per heavy atom. The topological polar surface area (TPSA) is 77.3 Å². The first-order chi connectivity index (χ1) is 12.4. The molecule has 0 spiro atoms. The molecule has 2 aliphatic rings. The number of hydrogen-bond donors (Lipinski definition) is 2. The van der Waals surface area contributed by atoms with E-state index in [-0.39, 0.29) is 35.3 Å². The van der Waals surface area contributed by atoms with Gasteiger partial charge in [0.1, 0.15) is 0 Å². The van der Waals surface area contributed by atoms with E-state index in [0.717, 1.165) is 25.7 Å². The summed E-state index contributed by atoms with van der Waals surface area (Å²) in [5.74, 6) is -1.80. The molecule has 0 radical (unpaired) electrons. The van der Waals surface area contributed by atoms with Crippen LogP contribution < -0.4 is 21.9 Å². The van der Waals surface area contributed by atoms with E-state index in [0.29, 0.717) is 29.7 Å². The Hall–Kier alpha value is -1.99. The molecule has 2 aromatic rings. The van der Waals surface area contributed by atoms with Gasteiger partial charge in [-0.1, -0.05) is 0 Å².